The highest BCUT2D eigenvalue weighted by atomic mass is 32.2. The fourth-order valence-corrected chi connectivity index (χ4v) is 2.34. The molecule has 5 N–H and O–H groups in total. The molecule has 0 bridgehead atoms. The van der Waals surface area contributed by atoms with Crippen molar-refractivity contribution >= 4 is 27.1 Å². The second-order valence-electron chi connectivity index (χ2n) is 4.33. The van der Waals surface area contributed by atoms with Crippen LogP contribution < -0.4 is 16.2 Å². The van der Waals surface area contributed by atoms with Crippen LogP contribution in [0, 0.1) is 6.92 Å². The Morgan fingerprint density at radius 2 is 1.79 bits per heavy atom. The highest BCUT2D eigenvalue weighted by Crippen LogP contribution is 2.23. The minimum absolute atomic E-state index is 0.0114. The maximum absolute atomic E-state index is 11.3. The third kappa shape index (κ3) is 3.46. The Bertz CT molecular complexity index is 712. The molecule has 0 aliphatic rings. The van der Waals surface area contributed by atoms with Gasteiger partial charge in [-0.1, -0.05) is 12.1 Å². The Morgan fingerprint density at radius 3 is 2.42 bits per heavy atom. The van der Waals surface area contributed by atoms with E-state index in [1.54, 1.807) is 6.07 Å². The molecule has 0 aliphatic heterocycles. The van der Waals surface area contributed by atoms with Gasteiger partial charge in [0.05, 0.1) is 4.90 Å². The highest BCUT2D eigenvalue weighted by molar-refractivity contribution is 7.89. The zero-order valence-electron chi connectivity index (χ0n) is 10.4. The van der Waals surface area contributed by atoms with Gasteiger partial charge in [0, 0.05) is 17.1 Å². The molecule has 0 atom stereocenters. The lowest BCUT2D eigenvalue weighted by Crippen LogP contribution is -2.12. The van der Waals surface area contributed by atoms with Gasteiger partial charge in [0.1, 0.15) is 0 Å². The number of nitrogens with one attached hydrogen (secondary N) is 1. The third-order valence-electron chi connectivity index (χ3n) is 2.56. The van der Waals surface area contributed by atoms with Crippen molar-refractivity contribution in [3.63, 3.8) is 0 Å². The quantitative estimate of drug-likeness (QED) is 0.747. The number of nitrogen functional groups attached to an aromatic ring is 1. The molecule has 19 heavy (non-hydrogen) atoms. The lowest BCUT2D eigenvalue weighted by molar-refractivity contribution is 0.598. The summed E-state index contributed by atoms with van der Waals surface area (Å²) < 4.78 is 22.7. The van der Waals surface area contributed by atoms with Crippen LogP contribution in [0.15, 0.2) is 47.4 Å². The Labute approximate surface area is 112 Å². The molecule has 6 heteroatoms. The van der Waals surface area contributed by atoms with Crippen molar-refractivity contribution in [2.24, 2.45) is 5.14 Å². The van der Waals surface area contributed by atoms with Crippen LogP contribution in [0.25, 0.3) is 0 Å². The van der Waals surface area contributed by atoms with Crippen molar-refractivity contribution < 1.29 is 8.42 Å². The van der Waals surface area contributed by atoms with E-state index in [-0.39, 0.29) is 4.90 Å². The van der Waals surface area contributed by atoms with Crippen molar-refractivity contribution in [2.45, 2.75) is 11.8 Å². The number of anilines is 3. The number of hydrogen-bond donors (Lipinski definition) is 3. The van der Waals surface area contributed by atoms with Crippen LogP contribution in [0.2, 0.25) is 0 Å². The van der Waals surface area contributed by atoms with E-state index in [4.69, 9.17) is 10.9 Å². The minimum Gasteiger partial charge on any atom is -0.399 e. The van der Waals surface area contributed by atoms with E-state index in [0.717, 1.165) is 11.3 Å². The zero-order valence-corrected chi connectivity index (χ0v) is 11.2. The van der Waals surface area contributed by atoms with E-state index >= 15 is 0 Å². The molecule has 0 unspecified atom stereocenters. The topological polar surface area (TPSA) is 98.2 Å². The average molecular weight is 277 g/mol. The number of primary sulfonamides is 1. The van der Waals surface area contributed by atoms with Crippen LogP contribution in [-0.4, -0.2) is 8.42 Å². The standard InChI is InChI=1S/C13H15N3O2S/c1-9-3-2-4-11(5-9)16-12-6-10(14)7-13(8-12)19(15,17)18/h2-8,16H,14H2,1H3,(H2,15,17,18). The summed E-state index contributed by atoms with van der Waals surface area (Å²) in [6.07, 6.45) is 0. The van der Waals surface area contributed by atoms with Crippen LogP contribution in [0.5, 0.6) is 0 Å². The van der Waals surface area contributed by atoms with Crippen molar-refractivity contribution in [3.05, 3.63) is 48.0 Å². The van der Waals surface area contributed by atoms with Crippen LogP contribution in [-0.2, 0) is 10.0 Å². The van der Waals surface area contributed by atoms with Gasteiger partial charge in [-0.15, -0.1) is 0 Å². The second-order valence-corrected chi connectivity index (χ2v) is 5.89. The second kappa shape index (κ2) is 4.91. The first-order valence-corrected chi connectivity index (χ1v) is 7.16. The number of benzene rings is 2. The fraction of sp³-hybridized carbons (Fsp3) is 0.0769. The molecule has 2 rings (SSSR count). The summed E-state index contributed by atoms with van der Waals surface area (Å²) in [5.41, 5.74) is 8.54. The molecule has 0 heterocycles. The first-order valence-electron chi connectivity index (χ1n) is 5.62. The molecule has 0 amide bonds. The third-order valence-corrected chi connectivity index (χ3v) is 3.46. The predicted octanol–water partition coefficient (Wildman–Crippen LogP) is 1.97. The summed E-state index contributed by atoms with van der Waals surface area (Å²) in [6.45, 7) is 1.97. The van der Waals surface area contributed by atoms with Gasteiger partial charge in [0.15, 0.2) is 0 Å². The SMILES string of the molecule is Cc1cccc(Nc2cc(N)cc(S(N)(=O)=O)c2)c1. The van der Waals surface area contributed by atoms with Crippen LogP contribution >= 0.6 is 0 Å². The number of rotatable bonds is 3. The van der Waals surface area contributed by atoms with Gasteiger partial charge < -0.3 is 11.1 Å². The molecule has 0 aromatic heterocycles. The Kier molecular flexibility index (Phi) is 3.46. The van der Waals surface area contributed by atoms with Gasteiger partial charge in [-0.3, -0.25) is 0 Å². The van der Waals surface area contributed by atoms with Gasteiger partial charge in [-0.25, -0.2) is 13.6 Å². The molecule has 100 valence electrons. The van der Waals surface area contributed by atoms with Gasteiger partial charge >= 0.3 is 0 Å². The first kappa shape index (κ1) is 13.4. The van der Waals surface area contributed by atoms with Gasteiger partial charge in [-0.2, -0.15) is 0 Å². The maximum atomic E-state index is 11.3. The van der Waals surface area contributed by atoms with Gasteiger partial charge in [0.25, 0.3) is 0 Å². The molecule has 0 saturated carbocycles. The van der Waals surface area contributed by atoms with Crippen LogP contribution in [0.1, 0.15) is 5.56 Å². The molecular formula is C13H15N3O2S. The Hall–Kier alpha value is -2.05. The molecule has 2 aromatic carbocycles. The van der Waals surface area contributed by atoms with Crippen molar-refractivity contribution in [2.75, 3.05) is 11.1 Å². The van der Waals surface area contributed by atoms with Crippen molar-refractivity contribution in [1.82, 2.24) is 0 Å². The van der Waals surface area contributed by atoms with Crippen LogP contribution in [0.4, 0.5) is 17.1 Å². The Morgan fingerprint density at radius 1 is 1.05 bits per heavy atom. The normalized spacial score (nSPS) is 11.3. The molecule has 0 fully saturated rings. The predicted molar refractivity (Wildman–Crippen MR) is 76.7 cm³/mol. The lowest BCUT2D eigenvalue weighted by Gasteiger charge is -2.09. The fourth-order valence-electron chi connectivity index (χ4n) is 1.75. The first-order chi connectivity index (χ1) is 8.84. The number of hydrogen-bond acceptors (Lipinski definition) is 4. The molecular weight excluding hydrogens is 262 g/mol. The zero-order chi connectivity index (χ0) is 14.0. The van der Waals surface area contributed by atoms with E-state index in [1.165, 1.54) is 12.1 Å². The van der Waals surface area contributed by atoms with Gasteiger partial charge in [0.2, 0.25) is 10.0 Å². The summed E-state index contributed by atoms with van der Waals surface area (Å²) in [6, 6.07) is 12.1. The lowest BCUT2D eigenvalue weighted by atomic mass is 10.2. The molecule has 0 spiro atoms. The summed E-state index contributed by atoms with van der Waals surface area (Å²) in [5.74, 6) is 0. The molecule has 0 saturated heterocycles. The maximum Gasteiger partial charge on any atom is 0.238 e. The molecule has 2 aromatic rings. The van der Waals surface area contributed by atoms with Gasteiger partial charge in [-0.05, 0) is 42.8 Å². The Balaban J connectivity index is 2.38. The summed E-state index contributed by atoms with van der Waals surface area (Å²) >= 11 is 0. The largest absolute Gasteiger partial charge is 0.399 e. The smallest absolute Gasteiger partial charge is 0.238 e. The van der Waals surface area contributed by atoms with Crippen molar-refractivity contribution in [3.8, 4) is 0 Å². The van der Waals surface area contributed by atoms with Crippen molar-refractivity contribution in [1.29, 1.82) is 0 Å². The summed E-state index contributed by atoms with van der Waals surface area (Å²) in [4.78, 5) is -0.0114. The monoisotopic (exact) mass is 277 g/mol. The molecule has 5 nitrogen and oxygen atoms in total. The van der Waals surface area contributed by atoms with Crippen LogP contribution in [0.3, 0.4) is 0 Å². The molecule has 0 radical (unpaired) electrons. The van der Waals surface area contributed by atoms with E-state index in [1.807, 2.05) is 31.2 Å². The number of sulfonamides is 1. The summed E-state index contributed by atoms with van der Waals surface area (Å²) in [7, 11) is -3.77. The minimum atomic E-state index is -3.77. The van der Waals surface area contributed by atoms with E-state index in [0.29, 0.717) is 11.4 Å². The number of aryl methyl sites for hydroxylation is 1. The summed E-state index contributed by atoms with van der Waals surface area (Å²) in [5, 5.41) is 8.20. The number of nitrogens with two attached hydrogens (primary N) is 2. The van der Waals surface area contributed by atoms with E-state index in [2.05, 4.69) is 5.32 Å². The molecule has 0 aliphatic carbocycles. The van der Waals surface area contributed by atoms with E-state index in [9.17, 15) is 8.42 Å². The highest BCUT2D eigenvalue weighted by Gasteiger charge is 2.10. The average Bonchev–Trinajstić information content (AvgIpc) is 2.26. The van der Waals surface area contributed by atoms with E-state index < -0.39 is 10.0 Å².